The lowest BCUT2D eigenvalue weighted by molar-refractivity contribution is -0.143. The Labute approximate surface area is 140 Å². The fraction of sp³-hybridized carbons (Fsp3) is 0.611. The highest BCUT2D eigenvalue weighted by molar-refractivity contribution is 5.77. The number of ether oxygens (including phenoxy) is 1. The third kappa shape index (κ3) is 3.75. The summed E-state index contributed by atoms with van der Waals surface area (Å²) in [5, 5.41) is 10.1. The van der Waals surface area contributed by atoms with Gasteiger partial charge in [-0.15, -0.1) is 0 Å². The van der Waals surface area contributed by atoms with Gasteiger partial charge in [-0.05, 0) is 43.0 Å². The molecule has 1 N–H and O–H groups in total. The van der Waals surface area contributed by atoms with Gasteiger partial charge in [-0.2, -0.15) is 0 Å². The van der Waals surface area contributed by atoms with Crippen LogP contribution in [0.25, 0.3) is 0 Å². The number of aryl methyl sites for hydroxylation is 1. The van der Waals surface area contributed by atoms with Crippen LogP contribution in [0.4, 0.5) is 8.78 Å². The molecule has 132 valence electrons. The molecule has 0 aromatic heterocycles. The van der Waals surface area contributed by atoms with E-state index in [-0.39, 0.29) is 36.3 Å². The molecule has 1 aliphatic heterocycles. The second-order valence-corrected chi connectivity index (χ2v) is 6.63. The number of morpholine rings is 1. The van der Waals surface area contributed by atoms with E-state index in [1.807, 2.05) is 0 Å². The van der Waals surface area contributed by atoms with E-state index in [1.54, 1.807) is 4.90 Å². The van der Waals surface area contributed by atoms with Gasteiger partial charge in [-0.1, -0.05) is 6.42 Å². The first-order valence-electron chi connectivity index (χ1n) is 8.55. The maximum atomic E-state index is 13.7. The quantitative estimate of drug-likeness (QED) is 0.916. The summed E-state index contributed by atoms with van der Waals surface area (Å²) in [5.41, 5.74) is 0.217. The average molecular weight is 339 g/mol. The minimum absolute atomic E-state index is 0.0418. The Morgan fingerprint density at radius 2 is 2.17 bits per heavy atom. The first-order chi connectivity index (χ1) is 11.6. The fourth-order valence-corrected chi connectivity index (χ4v) is 3.83. The van der Waals surface area contributed by atoms with Gasteiger partial charge >= 0.3 is 0 Å². The second-order valence-electron chi connectivity index (χ2n) is 6.63. The number of carbonyl (C=O) groups is 1. The monoisotopic (exact) mass is 339 g/mol. The van der Waals surface area contributed by atoms with Crippen molar-refractivity contribution in [3.63, 3.8) is 0 Å². The molecule has 1 heterocycles. The van der Waals surface area contributed by atoms with Crippen LogP contribution in [0.2, 0.25) is 0 Å². The molecule has 1 saturated heterocycles. The van der Waals surface area contributed by atoms with Crippen molar-refractivity contribution in [2.24, 2.45) is 5.92 Å². The molecule has 1 aromatic carbocycles. The van der Waals surface area contributed by atoms with Crippen molar-refractivity contribution in [2.45, 2.75) is 44.2 Å². The van der Waals surface area contributed by atoms with Crippen LogP contribution in [0.15, 0.2) is 18.2 Å². The zero-order valence-corrected chi connectivity index (χ0v) is 13.6. The number of amides is 1. The van der Waals surface area contributed by atoms with Gasteiger partial charge in [0.15, 0.2) is 0 Å². The molecule has 0 spiro atoms. The molecule has 1 aliphatic carbocycles. The Morgan fingerprint density at radius 1 is 1.33 bits per heavy atom. The molecule has 0 bridgehead atoms. The van der Waals surface area contributed by atoms with Crippen LogP contribution in [0.3, 0.4) is 0 Å². The minimum atomic E-state index is -0.503. The summed E-state index contributed by atoms with van der Waals surface area (Å²) in [5.74, 6) is -1.04. The molecule has 24 heavy (non-hydrogen) atoms. The number of aliphatic hydroxyl groups is 1. The van der Waals surface area contributed by atoms with Gasteiger partial charge in [0, 0.05) is 18.9 Å². The smallest absolute Gasteiger partial charge is 0.223 e. The third-order valence-corrected chi connectivity index (χ3v) is 5.13. The Bertz CT molecular complexity index is 596. The van der Waals surface area contributed by atoms with E-state index in [2.05, 4.69) is 0 Å². The van der Waals surface area contributed by atoms with E-state index < -0.39 is 17.7 Å². The number of rotatable bonds is 4. The van der Waals surface area contributed by atoms with Crippen LogP contribution in [-0.2, 0) is 16.0 Å². The van der Waals surface area contributed by atoms with E-state index in [0.717, 1.165) is 37.5 Å². The number of aliphatic hydroxyl groups excluding tert-OH is 1. The number of benzene rings is 1. The minimum Gasteiger partial charge on any atom is -0.393 e. The van der Waals surface area contributed by atoms with Gasteiger partial charge < -0.3 is 14.7 Å². The Hall–Kier alpha value is -1.53. The van der Waals surface area contributed by atoms with E-state index in [9.17, 15) is 18.7 Å². The van der Waals surface area contributed by atoms with Gasteiger partial charge in [0.1, 0.15) is 11.6 Å². The van der Waals surface area contributed by atoms with Gasteiger partial charge in [0.2, 0.25) is 5.91 Å². The SMILES string of the molecule is O=C(CCc1cc(F)ccc1F)N1CCOCC1C1CCCC1O. The van der Waals surface area contributed by atoms with Crippen molar-refractivity contribution in [1.82, 2.24) is 4.90 Å². The molecule has 0 radical (unpaired) electrons. The van der Waals surface area contributed by atoms with Crippen LogP contribution in [0, 0.1) is 17.6 Å². The van der Waals surface area contributed by atoms with Crippen LogP contribution in [0.1, 0.15) is 31.2 Å². The van der Waals surface area contributed by atoms with E-state index in [1.165, 1.54) is 0 Å². The molecule has 2 aliphatic rings. The van der Waals surface area contributed by atoms with Crippen molar-refractivity contribution >= 4 is 5.91 Å². The molecule has 1 aromatic rings. The Balaban J connectivity index is 1.64. The van der Waals surface area contributed by atoms with Gasteiger partial charge in [-0.3, -0.25) is 4.79 Å². The van der Waals surface area contributed by atoms with Crippen molar-refractivity contribution in [3.05, 3.63) is 35.4 Å². The molecule has 3 atom stereocenters. The van der Waals surface area contributed by atoms with Crippen molar-refractivity contribution in [1.29, 1.82) is 0 Å². The molecule has 1 saturated carbocycles. The first-order valence-corrected chi connectivity index (χ1v) is 8.55. The van der Waals surface area contributed by atoms with Crippen LogP contribution in [0.5, 0.6) is 0 Å². The largest absolute Gasteiger partial charge is 0.393 e. The number of hydrogen-bond donors (Lipinski definition) is 1. The highest BCUT2D eigenvalue weighted by Gasteiger charge is 2.39. The van der Waals surface area contributed by atoms with E-state index >= 15 is 0 Å². The molecule has 6 heteroatoms. The predicted molar refractivity (Wildman–Crippen MR) is 84.3 cm³/mol. The van der Waals surface area contributed by atoms with E-state index in [0.29, 0.717) is 19.8 Å². The lowest BCUT2D eigenvalue weighted by Crippen LogP contribution is -2.53. The molecule has 3 rings (SSSR count). The number of halogens is 2. The summed E-state index contributed by atoms with van der Waals surface area (Å²) in [4.78, 5) is 14.4. The maximum Gasteiger partial charge on any atom is 0.223 e. The molecule has 2 fully saturated rings. The summed E-state index contributed by atoms with van der Waals surface area (Å²) in [7, 11) is 0. The third-order valence-electron chi connectivity index (χ3n) is 5.13. The van der Waals surface area contributed by atoms with Crippen LogP contribution >= 0.6 is 0 Å². The number of nitrogens with zero attached hydrogens (tertiary/aromatic N) is 1. The van der Waals surface area contributed by atoms with Crippen molar-refractivity contribution in [2.75, 3.05) is 19.8 Å². The van der Waals surface area contributed by atoms with Crippen molar-refractivity contribution < 1.29 is 23.4 Å². The fourth-order valence-electron chi connectivity index (χ4n) is 3.83. The summed E-state index contributed by atoms with van der Waals surface area (Å²) >= 11 is 0. The Kier molecular flexibility index (Phi) is 5.46. The number of hydrogen-bond acceptors (Lipinski definition) is 3. The summed E-state index contributed by atoms with van der Waals surface area (Å²) in [6.07, 6.45) is 2.50. The predicted octanol–water partition coefficient (Wildman–Crippen LogP) is 2.29. The van der Waals surface area contributed by atoms with Gasteiger partial charge in [-0.25, -0.2) is 8.78 Å². The average Bonchev–Trinajstić information content (AvgIpc) is 3.01. The van der Waals surface area contributed by atoms with E-state index in [4.69, 9.17) is 4.74 Å². The van der Waals surface area contributed by atoms with Gasteiger partial charge in [0.25, 0.3) is 0 Å². The first kappa shape index (κ1) is 17.3. The summed E-state index contributed by atoms with van der Waals surface area (Å²) in [6, 6.07) is 3.17. The normalized spacial score (nSPS) is 27.5. The number of carbonyl (C=O) groups excluding carboxylic acids is 1. The molecule has 1 amide bonds. The lowest BCUT2D eigenvalue weighted by atomic mass is 9.93. The molecule has 3 unspecified atom stereocenters. The lowest BCUT2D eigenvalue weighted by Gasteiger charge is -2.40. The summed E-state index contributed by atoms with van der Waals surface area (Å²) in [6.45, 7) is 1.39. The Morgan fingerprint density at radius 3 is 2.92 bits per heavy atom. The van der Waals surface area contributed by atoms with Crippen molar-refractivity contribution in [3.8, 4) is 0 Å². The maximum absolute atomic E-state index is 13.7. The zero-order valence-electron chi connectivity index (χ0n) is 13.6. The van der Waals surface area contributed by atoms with Crippen LogP contribution in [-0.4, -0.2) is 47.8 Å². The highest BCUT2D eigenvalue weighted by Crippen LogP contribution is 2.32. The molecular weight excluding hydrogens is 316 g/mol. The highest BCUT2D eigenvalue weighted by atomic mass is 19.1. The zero-order chi connectivity index (χ0) is 17.1. The van der Waals surface area contributed by atoms with Crippen LogP contribution < -0.4 is 0 Å². The molecule has 4 nitrogen and oxygen atoms in total. The van der Waals surface area contributed by atoms with Gasteiger partial charge in [0.05, 0.1) is 25.4 Å². The standard InChI is InChI=1S/C18H23F2NO3/c19-13-5-6-15(20)12(10-13)4-7-18(23)21-8-9-24-11-16(21)14-2-1-3-17(14)22/h5-6,10,14,16-17,22H,1-4,7-9,11H2. The molecular formula is C18H23F2NO3. The second kappa shape index (κ2) is 7.57. The summed E-state index contributed by atoms with van der Waals surface area (Å²) < 4.78 is 32.4. The topological polar surface area (TPSA) is 49.8 Å².